The van der Waals surface area contributed by atoms with Crippen LogP contribution in [0.1, 0.15) is 36.6 Å². The van der Waals surface area contributed by atoms with Crippen LogP contribution in [0.15, 0.2) is 54.7 Å². The molecule has 1 aliphatic heterocycles. The number of nitrogens with two attached hydrogens (primary N) is 1. The minimum absolute atomic E-state index is 0.125. The Balaban J connectivity index is 1.71. The summed E-state index contributed by atoms with van der Waals surface area (Å²) in [6.07, 6.45) is 5.06. The third-order valence-corrected chi connectivity index (χ3v) is 5.45. The van der Waals surface area contributed by atoms with Crippen LogP contribution < -0.4 is 10.5 Å². The lowest BCUT2D eigenvalue weighted by atomic mass is 9.93. The number of nitrogens with zero attached hydrogens (tertiary/aromatic N) is 3. The van der Waals surface area contributed by atoms with Crippen LogP contribution in [0.5, 0.6) is 5.75 Å². The van der Waals surface area contributed by atoms with Gasteiger partial charge in [0.2, 0.25) is 5.95 Å². The third kappa shape index (κ3) is 4.38. The molecule has 2 N–H and O–H groups in total. The van der Waals surface area contributed by atoms with Crippen molar-refractivity contribution in [2.75, 3.05) is 19.4 Å². The molecule has 1 aromatic heterocycles. The van der Waals surface area contributed by atoms with Gasteiger partial charge in [-0.05, 0) is 54.8 Å². The van der Waals surface area contributed by atoms with E-state index in [1.54, 1.807) is 13.3 Å². The zero-order valence-corrected chi connectivity index (χ0v) is 16.5. The average molecular weight is 392 g/mol. The van der Waals surface area contributed by atoms with Gasteiger partial charge in [-0.3, -0.25) is 4.90 Å². The molecule has 3 aromatic rings. The van der Waals surface area contributed by atoms with Gasteiger partial charge in [0.1, 0.15) is 11.6 Å². The maximum atomic E-state index is 13.3. The maximum Gasteiger partial charge on any atom is 0.220 e. The summed E-state index contributed by atoms with van der Waals surface area (Å²) < 4.78 is 18.7. The summed E-state index contributed by atoms with van der Waals surface area (Å²) in [4.78, 5) is 11.3. The summed E-state index contributed by atoms with van der Waals surface area (Å²) >= 11 is 0. The molecular formula is C23H25FN4O. The van der Waals surface area contributed by atoms with Crippen molar-refractivity contribution in [3.8, 4) is 16.9 Å². The molecule has 6 heteroatoms. The van der Waals surface area contributed by atoms with Crippen molar-refractivity contribution < 1.29 is 9.13 Å². The number of methoxy groups -OCH3 is 1. The lowest BCUT2D eigenvalue weighted by Gasteiger charge is -2.36. The van der Waals surface area contributed by atoms with Gasteiger partial charge in [0.05, 0.1) is 18.8 Å². The number of halogens is 1. The first-order valence-corrected chi connectivity index (χ1v) is 9.89. The second kappa shape index (κ2) is 8.57. The molecule has 0 spiro atoms. The predicted molar refractivity (Wildman–Crippen MR) is 112 cm³/mol. The minimum Gasteiger partial charge on any atom is -0.497 e. The Morgan fingerprint density at radius 2 is 2.00 bits per heavy atom. The summed E-state index contributed by atoms with van der Waals surface area (Å²) in [7, 11) is 1.66. The van der Waals surface area contributed by atoms with Crippen molar-refractivity contribution in [3.63, 3.8) is 0 Å². The van der Waals surface area contributed by atoms with Crippen molar-refractivity contribution in [2.45, 2.75) is 31.8 Å². The minimum atomic E-state index is -0.215. The lowest BCUT2D eigenvalue weighted by molar-refractivity contribution is 0.137. The van der Waals surface area contributed by atoms with E-state index in [1.807, 2.05) is 36.4 Å². The fourth-order valence-corrected chi connectivity index (χ4v) is 3.99. The Kier molecular flexibility index (Phi) is 5.71. The Morgan fingerprint density at radius 3 is 2.79 bits per heavy atom. The van der Waals surface area contributed by atoms with Crippen LogP contribution in [0.4, 0.5) is 10.3 Å². The van der Waals surface area contributed by atoms with E-state index >= 15 is 0 Å². The summed E-state index contributed by atoms with van der Waals surface area (Å²) in [5.74, 6) is 0.851. The molecule has 2 heterocycles. The van der Waals surface area contributed by atoms with Crippen LogP contribution in [-0.2, 0) is 6.54 Å². The number of ether oxygens (including phenoxy) is 1. The molecule has 0 unspecified atom stereocenters. The smallest absolute Gasteiger partial charge is 0.220 e. The van der Waals surface area contributed by atoms with E-state index in [4.69, 9.17) is 10.5 Å². The van der Waals surface area contributed by atoms with Gasteiger partial charge in [0.15, 0.2) is 0 Å². The van der Waals surface area contributed by atoms with Crippen LogP contribution in [-0.4, -0.2) is 28.5 Å². The van der Waals surface area contributed by atoms with E-state index in [0.29, 0.717) is 0 Å². The van der Waals surface area contributed by atoms with Gasteiger partial charge in [-0.2, -0.15) is 0 Å². The first-order valence-electron chi connectivity index (χ1n) is 9.89. The van der Waals surface area contributed by atoms with Crippen LogP contribution in [0.25, 0.3) is 11.1 Å². The number of anilines is 1. The zero-order chi connectivity index (χ0) is 20.2. The monoisotopic (exact) mass is 392 g/mol. The fraction of sp³-hybridized carbons (Fsp3) is 0.304. The number of hydrogen-bond donors (Lipinski definition) is 1. The van der Waals surface area contributed by atoms with Crippen molar-refractivity contribution in [2.24, 2.45) is 0 Å². The third-order valence-electron chi connectivity index (χ3n) is 5.45. The first-order chi connectivity index (χ1) is 14.1. The van der Waals surface area contributed by atoms with E-state index in [1.165, 1.54) is 12.1 Å². The molecule has 150 valence electrons. The second-order valence-corrected chi connectivity index (χ2v) is 7.37. The summed E-state index contributed by atoms with van der Waals surface area (Å²) in [5.41, 5.74) is 9.97. The van der Waals surface area contributed by atoms with E-state index in [-0.39, 0.29) is 17.8 Å². The molecule has 2 aromatic carbocycles. The topological polar surface area (TPSA) is 64.3 Å². The van der Waals surface area contributed by atoms with Crippen molar-refractivity contribution in [1.29, 1.82) is 0 Å². The molecule has 0 radical (unpaired) electrons. The number of likely N-dealkylation sites (tertiary alicyclic amines) is 1. The van der Waals surface area contributed by atoms with Gasteiger partial charge in [0, 0.05) is 18.3 Å². The summed E-state index contributed by atoms with van der Waals surface area (Å²) in [6, 6.07) is 14.8. The van der Waals surface area contributed by atoms with Gasteiger partial charge in [-0.1, -0.05) is 30.7 Å². The highest BCUT2D eigenvalue weighted by atomic mass is 19.1. The molecule has 1 atom stereocenters. The highest BCUT2D eigenvalue weighted by Gasteiger charge is 2.28. The number of aromatic nitrogens is 2. The SMILES string of the molecule is COc1cccc(-c2cnc(N)nc2[C@@H]2CCCCN2Cc2ccc(F)cc2)c1. The van der Waals surface area contributed by atoms with Crippen LogP contribution in [0.3, 0.4) is 0 Å². The number of rotatable bonds is 5. The van der Waals surface area contributed by atoms with Gasteiger partial charge in [-0.15, -0.1) is 0 Å². The molecule has 0 amide bonds. The van der Waals surface area contributed by atoms with Crippen LogP contribution >= 0.6 is 0 Å². The molecule has 1 fully saturated rings. The fourth-order valence-electron chi connectivity index (χ4n) is 3.99. The van der Waals surface area contributed by atoms with E-state index < -0.39 is 0 Å². The van der Waals surface area contributed by atoms with E-state index in [9.17, 15) is 4.39 Å². The quantitative estimate of drug-likeness (QED) is 0.687. The molecule has 0 saturated carbocycles. The lowest BCUT2D eigenvalue weighted by Crippen LogP contribution is -2.34. The highest BCUT2D eigenvalue weighted by Crippen LogP contribution is 2.37. The number of piperidine rings is 1. The number of nitrogen functional groups attached to an aromatic ring is 1. The summed E-state index contributed by atoms with van der Waals surface area (Å²) in [5, 5.41) is 0. The van der Waals surface area contributed by atoms with Crippen molar-refractivity contribution in [3.05, 3.63) is 71.8 Å². The largest absolute Gasteiger partial charge is 0.497 e. The predicted octanol–water partition coefficient (Wildman–Crippen LogP) is 4.60. The Morgan fingerprint density at radius 1 is 1.17 bits per heavy atom. The van der Waals surface area contributed by atoms with Crippen LogP contribution in [0, 0.1) is 5.82 Å². The van der Waals surface area contributed by atoms with Crippen molar-refractivity contribution in [1.82, 2.24) is 14.9 Å². The van der Waals surface area contributed by atoms with E-state index in [0.717, 1.165) is 60.5 Å². The molecular weight excluding hydrogens is 367 g/mol. The summed E-state index contributed by atoms with van der Waals surface area (Å²) in [6.45, 7) is 1.70. The molecule has 1 aliphatic rings. The molecule has 0 bridgehead atoms. The second-order valence-electron chi connectivity index (χ2n) is 7.37. The number of hydrogen-bond acceptors (Lipinski definition) is 5. The molecule has 5 nitrogen and oxygen atoms in total. The molecule has 29 heavy (non-hydrogen) atoms. The van der Waals surface area contributed by atoms with E-state index in [2.05, 4.69) is 14.9 Å². The Bertz CT molecular complexity index is 977. The van der Waals surface area contributed by atoms with Gasteiger partial charge < -0.3 is 10.5 Å². The first kappa shape index (κ1) is 19.3. The average Bonchev–Trinajstić information content (AvgIpc) is 2.76. The number of benzene rings is 2. The molecule has 0 aliphatic carbocycles. The van der Waals surface area contributed by atoms with Crippen LogP contribution in [0.2, 0.25) is 0 Å². The normalized spacial score (nSPS) is 17.2. The van der Waals surface area contributed by atoms with Crippen molar-refractivity contribution >= 4 is 5.95 Å². The Hall–Kier alpha value is -2.99. The standard InChI is InChI=1S/C23H25FN4O/c1-29-19-6-4-5-17(13-19)20-14-26-23(25)27-22(20)21-7-2-3-12-28(21)15-16-8-10-18(24)11-9-16/h4-6,8-11,13-14,21H,2-3,7,12,15H2,1H3,(H2,25,26,27)/t21-/m0/s1. The zero-order valence-electron chi connectivity index (χ0n) is 16.5. The molecule has 4 rings (SSSR count). The molecule has 1 saturated heterocycles. The Labute approximate surface area is 170 Å². The van der Waals surface area contributed by atoms with Gasteiger partial charge in [0.25, 0.3) is 0 Å². The highest BCUT2D eigenvalue weighted by molar-refractivity contribution is 5.67. The van der Waals surface area contributed by atoms with Gasteiger partial charge in [-0.25, -0.2) is 14.4 Å². The van der Waals surface area contributed by atoms with Gasteiger partial charge >= 0.3 is 0 Å². The maximum absolute atomic E-state index is 13.3.